The summed E-state index contributed by atoms with van der Waals surface area (Å²) in [5.74, 6) is 2.35. The number of para-hydroxylation sites is 1. The Morgan fingerprint density at radius 1 is 1.14 bits per heavy atom. The normalized spacial score (nSPS) is 15.1. The molecule has 2 heterocycles. The van der Waals surface area contributed by atoms with Gasteiger partial charge < -0.3 is 19.7 Å². The van der Waals surface area contributed by atoms with Crippen molar-refractivity contribution in [3.8, 4) is 16.9 Å². The van der Waals surface area contributed by atoms with Crippen molar-refractivity contribution in [1.82, 2.24) is 14.9 Å². The summed E-state index contributed by atoms with van der Waals surface area (Å²) >= 11 is 0. The monoisotopic (exact) mass is 482 g/mol. The van der Waals surface area contributed by atoms with Crippen LogP contribution in [0.1, 0.15) is 42.8 Å². The number of amidine groups is 1. The summed E-state index contributed by atoms with van der Waals surface area (Å²) in [7, 11) is 0. The lowest BCUT2D eigenvalue weighted by atomic mass is 10.0. The maximum Gasteiger partial charge on any atom is 0.511 e. The first-order valence-corrected chi connectivity index (χ1v) is 12.3. The van der Waals surface area contributed by atoms with Crippen LogP contribution in [-0.2, 0) is 13.0 Å². The summed E-state index contributed by atoms with van der Waals surface area (Å²) in [6.45, 7) is 7.91. The quantitative estimate of drug-likeness (QED) is 0.256. The maximum atomic E-state index is 11.1. The highest BCUT2D eigenvalue weighted by molar-refractivity contribution is 6.03. The standard InChI is InChI=1S/C29H30N4O3/c1-4-7-26-32-27-18(2)14-22(28-30-16-19(3)31-28)15-24(27)33(26)17-20-10-12-21(13-11-20)23-8-5-6-9-25(23)36-29(34)35/h5-6,8-15,19H,4,7,16-17H2,1-3H3,(H,30,31)(H,34,35). The van der Waals surface area contributed by atoms with Crippen molar-refractivity contribution in [3.63, 3.8) is 0 Å². The molecule has 5 rings (SSSR count). The number of ether oxygens (including phenoxy) is 1. The number of aryl methyl sites for hydroxylation is 2. The Bertz CT molecular complexity index is 1450. The number of aromatic nitrogens is 2. The largest absolute Gasteiger partial charge is 0.511 e. The highest BCUT2D eigenvalue weighted by Crippen LogP contribution is 2.31. The predicted octanol–water partition coefficient (Wildman–Crippen LogP) is 5.81. The number of hydrogen-bond acceptors (Lipinski definition) is 5. The molecule has 0 saturated carbocycles. The van der Waals surface area contributed by atoms with Gasteiger partial charge in [-0.25, -0.2) is 9.78 Å². The van der Waals surface area contributed by atoms with E-state index in [0.717, 1.165) is 69.9 Å². The second-order valence-corrected chi connectivity index (χ2v) is 9.32. The van der Waals surface area contributed by atoms with Crippen LogP contribution in [0.5, 0.6) is 5.75 Å². The first-order chi connectivity index (χ1) is 17.4. The molecule has 7 heteroatoms. The van der Waals surface area contributed by atoms with Gasteiger partial charge in [0.1, 0.15) is 17.4 Å². The fraction of sp³-hybridized carbons (Fsp3) is 0.276. The summed E-state index contributed by atoms with van der Waals surface area (Å²) in [5, 5.41) is 12.5. The Balaban J connectivity index is 1.50. The van der Waals surface area contributed by atoms with Gasteiger partial charge >= 0.3 is 6.16 Å². The fourth-order valence-electron chi connectivity index (χ4n) is 4.76. The third-order valence-electron chi connectivity index (χ3n) is 6.47. The zero-order valence-electron chi connectivity index (χ0n) is 20.8. The number of fused-ring (bicyclic) bond motifs is 1. The molecular formula is C29H30N4O3. The van der Waals surface area contributed by atoms with Gasteiger partial charge in [0, 0.05) is 30.1 Å². The van der Waals surface area contributed by atoms with E-state index in [9.17, 15) is 4.79 Å². The minimum atomic E-state index is -1.32. The molecule has 36 heavy (non-hydrogen) atoms. The van der Waals surface area contributed by atoms with E-state index in [1.165, 1.54) is 0 Å². The van der Waals surface area contributed by atoms with Crippen LogP contribution in [0.2, 0.25) is 0 Å². The lowest BCUT2D eigenvalue weighted by Crippen LogP contribution is -2.27. The van der Waals surface area contributed by atoms with Crippen molar-refractivity contribution >= 4 is 23.0 Å². The number of benzene rings is 3. The number of hydrogen-bond donors (Lipinski definition) is 2. The van der Waals surface area contributed by atoms with E-state index in [-0.39, 0.29) is 0 Å². The van der Waals surface area contributed by atoms with Crippen molar-refractivity contribution in [1.29, 1.82) is 0 Å². The van der Waals surface area contributed by atoms with Gasteiger partial charge in [-0.2, -0.15) is 0 Å². The molecule has 1 aromatic heterocycles. The predicted molar refractivity (Wildman–Crippen MR) is 142 cm³/mol. The van der Waals surface area contributed by atoms with E-state index in [0.29, 0.717) is 18.3 Å². The molecule has 0 amide bonds. The Kier molecular flexibility index (Phi) is 6.46. The topological polar surface area (TPSA) is 88.7 Å². The fourth-order valence-corrected chi connectivity index (χ4v) is 4.76. The number of aliphatic imine (C=N–C) groups is 1. The number of nitrogens with one attached hydrogen (secondary N) is 1. The Morgan fingerprint density at radius 3 is 2.61 bits per heavy atom. The highest BCUT2D eigenvalue weighted by atomic mass is 16.7. The van der Waals surface area contributed by atoms with Gasteiger partial charge in [-0.05, 0) is 55.2 Å². The van der Waals surface area contributed by atoms with Gasteiger partial charge in [-0.3, -0.25) is 4.99 Å². The number of carbonyl (C=O) groups is 1. The Morgan fingerprint density at radius 2 is 1.92 bits per heavy atom. The van der Waals surface area contributed by atoms with Crippen molar-refractivity contribution in [2.24, 2.45) is 4.99 Å². The van der Waals surface area contributed by atoms with Crippen LogP contribution in [-0.4, -0.2) is 39.2 Å². The number of carboxylic acid groups (broad SMARTS) is 1. The first-order valence-electron chi connectivity index (χ1n) is 12.3. The molecule has 0 spiro atoms. The van der Waals surface area contributed by atoms with Crippen molar-refractivity contribution in [2.75, 3.05) is 6.54 Å². The van der Waals surface area contributed by atoms with Crippen molar-refractivity contribution in [3.05, 3.63) is 83.2 Å². The van der Waals surface area contributed by atoms with Gasteiger partial charge in [-0.15, -0.1) is 0 Å². The second-order valence-electron chi connectivity index (χ2n) is 9.32. The van der Waals surface area contributed by atoms with Crippen LogP contribution in [0.4, 0.5) is 4.79 Å². The molecule has 0 bridgehead atoms. The second kappa shape index (κ2) is 9.85. The molecule has 0 saturated heterocycles. The third-order valence-corrected chi connectivity index (χ3v) is 6.47. The van der Waals surface area contributed by atoms with E-state index >= 15 is 0 Å². The van der Waals surface area contributed by atoms with Gasteiger partial charge in [0.25, 0.3) is 0 Å². The van der Waals surface area contributed by atoms with Gasteiger partial charge in [-0.1, -0.05) is 49.4 Å². The third kappa shape index (κ3) is 4.69. The van der Waals surface area contributed by atoms with Crippen molar-refractivity contribution < 1.29 is 14.6 Å². The van der Waals surface area contributed by atoms with E-state index in [1.54, 1.807) is 12.1 Å². The van der Waals surface area contributed by atoms with Crippen LogP contribution < -0.4 is 10.1 Å². The summed E-state index contributed by atoms with van der Waals surface area (Å²) < 4.78 is 7.28. The van der Waals surface area contributed by atoms with Crippen LogP contribution in [0, 0.1) is 6.92 Å². The maximum absolute atomic E-state index is 11.1. The van der Waals surface area contributed by atoms with Crippen LogP contribution in [0.25, 0.3) is 22.2 Å². The molecule has 1 aliphatic rings. The van der Waals surface area contributed by atoms with Crippen LogP contribution in [0.3, 0.4) is 0 Å². The SMILES string of the molecule is CCCc1nc2c(C)cc(C3=NCC(C)N3)cc2n1Cc1ccc(-c2ccccc2OC(=O)O)cc1. The molecule has 1 aliphatic heterocycles. The molecule has 1 atom stereocenters. The lowest BCUT2D eigenvalue weighted by molar-refractivity contribution is 0.144. The molecule has 1 unspecified atom stereocenters. The van der Waals surface area contributed by atoms with Gasteiger partial charge in [0.05, 0.1) is 17.6 Å². The summed E-state index contributed by atoms with van der Waals surface area (Å²) in [6, 6.07) is 20.1. The summed E-state index contributed by atoms with van der Waals surface area (Å²) in [5.41, 5.74) is 7.17. The molecule has 7 nitrogen and oxygen atoms in total. The minimum Gasteiger partial charge on any atom is -0.449 e. The van der Waals surface area contributed by atoms with E-state index in [2.05, 4.69) is 59.9 Å². The first kappa shape index (κ1) is 23.6. The Hall–Kier alpha value is -4.13. The molecule has 0 fully saturated rings. The van der Waals surface area contributed by atoms with Crippen LogP contribution >= 0.6 is 0 Å². The molecular weight excluding hydrogens is 452 g/mol. The average Bonchev–Trinajstić information content (AvgIpc) is 3.44. The molecule has 0 aliphatic carbocycles. The van der Waals surface area contributed by atoms with Crippen LogP contribution in [0.15, 0.2) is 65.7 Å². The number of nitrogens with zero attached hydrogens (tertiary/aromatic N) is 3. The zero-order chi connectivity index (χ0) is 25.2. The summed E-state index contributed by atoms with van der Waals surface area (Å²) in [4.78, 5) is 20.8. The van der Waals surface area contributed by atoms with Gasteiger partial charge in [0.2, 0.25) is 0 Å². The number of imidazole rings is 1. The molecule has 3 aromatic carbocycles. The van der Waals surface area contributed by atoms with E-state index in [4.69, 9.17) is 14.8 Å². The molecule has 184 valence electrons. The van der Waals surface area contributed by atoms with Gasteiger partial charge in [0.15, 0.2) is 0 Å². The smallest absolute Gasteiger partial charge is 0.449 e. The lowest BCUT2D eigenvalue weighted by Gasteiger charge is -2.12. The van der Waals surface area contributed by atoms with E-state index < -0.39 is 6.16 Å². The van der Waals surface area contributed by atoms with E-state index in [1.807, 2.05) is 24.3 Å². The molecule has 2 N–H and O–H groups in total. The van der Waals surface area contributed by atoms with Crippen molar-refractivity contribution in [2.45, 2.75) is 46.2 Å². The average molecular weight is 483 g/mol. The number of rotatable bonds is 7. The Labute approximate surface area is 210 Å². The zero-order valence-corrected chi connectivity index (χ0v) is 20.8. The highest BCUT2D eigenvalue weighted by Gasteiger charge is 2.19. The molecule has 4 aromatic rings. The summed E-state index contributed by atoms with van der Waals surface area (Å²) in [6.07, 6.45) is 0.593. The minimum absolute atomic E-state index is 0.323. The molecule has 0 radical (unpaired) electrons.